The molecule has 1 heteroatoms. The molecule has 0 fully saturated rings. The van der Waals surface area contributed by atoms with Gasteiger partial charge in [-0.2, -0.15) is 0 Å². The van der Waals surface area contributed by atoms with E-state index in [-0.39, 0.29) is 5.41 Å². The van der Waals surface area contributed by atoms with E-state index in [0.29, 0.717) is 12.2 Å². The molecular weight excluding hydrogens is 220 g/mol. The molecule has 0 heterocycles. The van der Waals surface area contributed by atoms with Gasteiger partial charge in [-0.15, -0.1) is 0 Å². The van der Waals surface area contributed by atoms with Gasteiger partial charge in [0.15, 0.2) is 5.78 Å². The summed E-state index contributed by atoms with van der Waals surface area (Å²) in [7, 11) is 0. The number of hydrogen-bond donors (Lipinski definition) is 0. The fraction of sp³-hybridized carbons (Fsp3) is 0.471. The van der Waals surface area contributed by atoms with Crippen molar-refractivity contribution >= 4 is 11.4 Å². The zero-order valence-electron chi connectivity index (χ0n) is 11.8. The summed E-state index contributed by atoms with van der Waals surface area (Å²) in [6, 6.07) is 6.56. The number of Topliss-reactive ketones (excluding diaryl/α,β-unsaturated/α-hetero) is 1. The molecule has 1 aliphatic carbocycles. The standard InChI is InChI=1S/C17H22O/c1-5-17(3,4)13-10-9-12(2)15(11-13)14-7-6-8-16(14)18/h7,9-11H,5-6,8H2,1-4H3. The second-order valence-electron chi connectivity index (χ2n) is 5.85. The van der Waals surface area contributed by atoms with Gasteiger partial charge in [-0.3, -0.25) is 4.79 Å². The molecule has 1 aromatic carbocycles. The SMILES string of the molecule is CCC(C)(C)c1ccc(C)c(C2=CCCC2=O)c1. The Hall–Kier alpha value is -1.37. The number of allylic oxidation sites excluding steroid dienone is 2. The van der Waals surface area contributed by atoms with Gasteiger partial charge in [0.1, 0.15) is 0 Å². The summed E-state index contributed by atoms with van der Waals surface area (Å²) in [5.41, 5.74) is 4.76. The Labute approximate surface area is 110 Å². The van der Waals surface area contributed by atoms with Crippen molar-refractivity contribution in [1.29, 1.82) is 0 Å². The lowest BCUT2D eigenvalue weighted by Gasteiger charge is -2.24. The maximum atomic E-state index is 11.9. The van der Waals surface area contributed by atoms with E-state index in [1.807, 2.05) is 0 Å². The first-order valence-electron chi connectivity index (χ1n) is 6.80. The number of carbonyl (C=O) groups excluding carboxylic acids is 1. The number of aryl methyl sites for hydroxylation is 1. The van der Waals surface area contributed by atoms with Gasteiger partial charge in [-0.1, -0.05) is 45.0 Å². The topological polar surface area (TPSA) is 17.1 Å². The van der Waals surface area contributed by atoms with E-state index in [9.17, 15) is 4.79 Å². The summed E-state index contributed by atoms with van der Waals surface area (Å²) < 4.78 is 0. The lowest BCUT2D eigenvalue weighted by molar-refractivity contribution is -0.113. The molecule has 0 saturated heterocycles. The maximum absolute atomic E-state index is 11.9. The molecule has 0 spiro atoms. The average Bonchev–Trinajstić information content (AvgIpc) is 2.76. The summed E-state index contributed by atoms with van der Waals surface area (Å²) in [6.07, 6.45) is 4.76. The minimum Gasteiger partial charge on any atom is -0.294 e. The van der Waals surface area contributed by atoms with Crippen LogP contribution < -0.4 is 0 Å². The summed E-state index contributed by atoms with van der Waals surface area (Å²) >= 11 is 0. The van der Waals surface area contributed by atoms with Crippen LogP contribution in [0.4, 0.5) is 0 Å². The Bertz CT molecular complexity index is 506. The van der Waals surface area contributed by atoms with Crippen LogP contribution in [0.5, 0.6) is 0 Å². The van der Waals surface area contributed by atoms with Gasteiger partial charge in [0, 0.05) is 12.0 Å². The van der Waals surface area contributed by atoms with E-state index in [1.165, 1.54) is 11.1 Å². The van der Waals surface area contributed by atoms with Crippen LogP contribution >= 0.6 is 0 Å². The second kappa shape index (κ2) is 4.72. The van der Waals surface area contributed by atoms with E-state index in [0.717, 1.165) is 24.0 Å². The highest BCUT2D eigenvalue weighted by molar-refractivity contribution is 6.22. The van der Waals surface area contributed by atoms with E-state index < -0.39 is 0 Å². The molecule has 1 aliphatic rings. The largest absolute Gasteiger partial charge is 0.294 e. The van der Waals surface area contributed by atoms with E-state index in [2.05, 4.69) is 52.0 Å². The van der Waals surface area contributed by atoms with Crippen molar-refractivity contribution in [3.05, 3.63) is 41.0 Å². The Balaban J connectivity index is 2.48. The number of rotatable bonds is 3. The first-order valence-corrected chi connectivity index (χ1v) is 6.80. The summed E-state index contributed by atoms with van der Waals surface area (Å²) in [4.78, 5) is 11.9. The maximum Gasteiger partial charge on any atom is 0.163 e. The van der Waals surface area contributed by atoms with Gasteiger partial charge in [0.05, 0.1) is 0 Å². The molecule has 0 saturated carbocycles. The first kappa shape index (κ1) is 13.1. The minimum absolute atomic E-state index is 0.171. The molecule has 1 aromatic rings. The quantitative estimate of drug-likeness (QED) is 0.766. The first-order chi connectivity index (χ1) is 8.45. The van der Waals surface area contributed by atoms with Crippen LogP contribution in [0.2, 0.25) is 0 Å². The zero-order chi connectivity index (χ0) is 13.3. The van der Waals surface area contributed by atoms with E-state index >= 15 is 0 Å². The molecule has 18 heavy (non-hydrogen) atoms. The van der Waals surface area contributed by atoms with Crippen molar-refractivity contribution < 1.29 is 4.79 Å². The third kappa shape index (κ3) is 2.27. The molecule has 0 unspecified atom stereocenters. The highest BCUT2D eigenvalue weighted by Gasteiger charge is 2.22. The predicted octanol–water partition coefficient (Wildman–Crippen LogP) is 4.43. The lowest BCUT2D eigenvalue weighted by Crippen LogP contribution is -2.16. The van der Waals surface area contributed by atoms with Gasteiger partial charge >= 0.3 is 0 Å². The predicted molar refractivity (Wildman–Crippen MR) is 76.7 cm³/mol. The molecule has 0 aliphatic heterocycles. The third-order valence-electron chi connectivity index (χ3n) is 4.21. The molecule has 1 nitrogen and oxygen atoms in total. The minimum atomic E-state index is 0.171. The smallest absolute Gasteiger partial charge is 0.163 e. The third-order valence-corrected chi connectivity index (χ3v) is 4.21. The van der Waals surface area contributed by atoms with Crippen LogP contribution in [0, 0.1) is 6.92 Å². The fourth-order valence-electron chi connectivity index (χ4n) is 2.39. The number of carbonyl (C=O) groups is 1. The molecule has 0 aromatic heterocycles. The molecule has 0 atom stereocenters. The Morgan fingerprint density at radius 3 is 2.56 bits per heavy atom. The molecule has 0 N–H and O–H groups in total. The van der Waals surface area contributed by atoms with Crippen molar-refractivity contribution in [3.63, 3.8) is 0 Å². The van der Waals surface area contributed by atoms with Crippen LogP contribution in [0.3, 0.4) is 0 Å². The number of benzene rings is 1. The van der Waals surface area contributed by atoms with E-state index in [1.54, 1.807) is 0 Å². The van der Waals surface area contributed by atoms with Gasteiger partial charge in [-0.25, -0.2) is 0 Å². The molecule has 0 amide bonds. The van der Waals surface area contributed by atoms with Crippen LogP contribution in [0.25, 0.3) is 5.57 Å². The van der Waals surface area contributed by atoms with Gasteiger partial charge in [0.2, 0.25) is 0 Å². The highest BCUT2D eigenvalue weighted by Crippen LogP contribution is 2.33. The van der Waals surface area contributed by atoms with Gasteiger partial charge in [-0.05, 0) is 41.9 Å². The summed E-state index contributed by atoms with van der Waals surface area (Å²) in [6.45, 7) is 8.81. The van der Waals surface area contributed by atoms with Crippen LogP contribution in [-0.2, 0) is 10.2 Å². The van der Waals surface area contributed by atoms with Crippen molar-refractivity contribution in [3.8, 4) is 0 Å². The number of hydrogen-bond acceptors (Lipinski definition) is 1. The second-order valence-corrected chi connectivity index (χ2v) is 5.85. The van der Waals surface area contributed by atoms with Gasteiger partial charge in [0.25, 0.3) is 0 Å². The van der Waals surface area contributed by atoms with Gasteiger partial charge < -0.3 is 0 Å². The van der Waals surface area contributed by atoms with Crippen LogP contribution in [-0.4, -0.2) is 5.78 Å². The average molecular weight is 242 g/mol. The van der Waals surface area contributed by atoms with Crippen LogP contribution in [0.1, 0.15) is 56.7 Å². The highest BCUT2D eigenvalue weighted by atomic mass is 16.1. The van der Waals surface area contributed by atoms with E-state index in [4.69, 9.17) is 0 Å². The normalized spacial score (nSPS) is 16.0. The molecule has 0 radical (unpaired) electrons. The Morgan fingerprint density at radius 2 is 2.00 bits per heavy atom. The van der Waals surface area contributed by atoms with Crippen molar-refractivity contribution in [1.82, 2.24) is 0 Å². The monoisotopic (exact) mass is 242 g/mol. The Morgan fingerprint density at radius 1 is 1.28 bits per heavy atom. The van der Waals surface area contributed by atoms with Crippen molar-refractivity contribution in [2.75, 3.05) is 0 Å². The lowest BCUT2D eigenvalue weighted by atomic mass is 9.80. The molecule has 0 bridgehead atoms. The van der Waals surface area contributed by atoms with Crippen LogP contribution in [0.15, 0.2) is 24.3 Å². The summed E-state index contributed by atoms with van der Waals surface area (Å²) in [5, 5.41) is 0. The molecule has 96 valence electrons. The summed E-state index contributed by atoms with van der Waals surface area (Å²) in [5.74, 6) is 0.296. The molecule has 2 rings (SSSR count). The Kier molecular flexibility index (Phi) is 3.43. The number of ketones is 1. The fourth-order valence-corrected chi connectivity index (χ4v) is 2.39. The zero-order valence-corrected chi connectivity index (χ0v) is 11.8. The van der Waals surface area contributed by atoms with Crippen molar-refractivity contribution in [2.45, 2.75) is 52.4 Å². The van der Waals surface area contributed by atoms with Crippen molar-refractivity contribution in [2.24, 2.45) is 0 Å². The molecular formula is C17H22O.